The normalized spacial score (nSPS) is 24.0. The lowest BCUT2D eigenvalue weighted by atomic mass is 10.1. The zero-order valence-corrected chi connectivity index (χ0v) is 13.6. The van der Waals surface area contributed by atoms with E-state index in [1.807, 2.05) is 7.05 Å². The van der Waals surface area contributed by atoms with E-state index in [1.54, 1.807) is 0 Å². The molecule has 1 heterocycles. The van der Waals surface area contributed by atoms with Gasteiger partial charge in [0.2, 0.25) is 0 Å². The molecule has 0 amide bonds. The van der Waals surface area contributed by atoms with Crippen LogP contribution >= 0.6 is 0 Å². The Morgan fingerprint density at radius 3 is 2.32 bits per heavy atom. The molecule has 0 radical (unpaired) electrons. The predicted octanol–water partition coefficient (Wildman–Crippen LogP) is 2.90. The fourth-order valence-electron chi connectivity index (χ4n) is 3.20. The molecule has 3 heteroatoms. The number of ether oxygens (including phenoxy) is 1. The summed E-state index contributed by atoms with van der Waals surface area (Å²) in [5, 5.41) is 3.22. The van der Waals surface area contributed by atoms with Crippen LogP contribution in [0.25, 0.3) is 0 Å². The Morgan fingerprint density at radius 2 is 1.79 bits per heavy atom. The van der Waals surface area contributed by atoms with E-state index in [2.05, 4.69) is 37.9 Å². The number of hydrogen-bond acceptors (Lipinski definition) is 3. The summed E-state index contributed by atoms with van der Waals surface area (Å²) < 4.78 is 6.15. The summed E-state index contributed by atoms with van der Waals surface area (Å²) in [5.74, 6) is 0.732. The number of rotatable bonds is 9. The smallest absolute Gasteiger partial charge is 0.0707 e. The van der Waals surface area contributed by atoms with Crippen molar-refractivity contribution < 1.29 is 4.74 Å². The lowest BCUT2D eigenvalue weighted by molar-refractivity contribution is 0.0110. The minimum Gasteiger partial charge on any atom is -0.372 e. The molecule has 0 saturated carbocycles. The molecule has 1 rings (SSSR count). The Labute approximate surface area is 120 Å². The molecule has 0 spiro atoms. The van der Waals surface area contributed by atoms with Crippen molar-refractivity contribution in [3.8, 4) is 0 Å². The van der Waals surface area contributed by atoms with Crippen LogP contribution in [0.15, 0.2) is 0 Å². The zero-order chi connectivity index (χ0) is 14.3. The van der Waals surface area contributed by atoms with Crippen LogP contribution in [0.1, 0.15) is 53.4 Å². The SMILES string of the molecule is CCC(CC)N(CC(C)C)CC1CCC(CNC)O1. The Kier molecular flexibility index (Phi) is 7.96. The summed E-state index contributed by atoms with van der Waals surface area (Å²) in [6.07, 6.45) is 5.80. The Balaban J connectivity index is 2.48. The van der Waals surface area contributed by atoms with E-state index in [0.29, 0.717) is 18.2 Å². The monoisotopic (exact) mass is 270 g/mol. The maximum atomic E-state index is 6.15. The van der Waals surface area contributed by atoms with E-state index in [0.717, 1.165) is 19.0 Å². The van der Waals surface area contributed by atoms with Crippen molar-refractivity contribution in [1.82, 2.24) is 10.2 Å². The standard InChI is InChI=1S/C16H34N2O/c1-6-14(7-2)18(11-13(3)4)12-16-9-8-15(19-16)10-17-5/h13-17H,6-12H2,1-5H3. The number of nitrogens with zero attached hydrogens (tertiary/aromatic N) is 1. The third-order valence-electron chi connectivity index (χ3n) is 4.12. The van der Waals surface area contributed by atoms with Gasteiger partial charge in [0.25, 0.3) is 0 Å². The predicted molar refractivity (Wildman–Crippen MR) is 82.6 cm³/mol. The molecule has 1 N–H and O–H groups in total. The molecular weight excluding hydrogens is 236 g/mol. The molecular formula is C16H34N2O. The summed E-state index contributed by atoms with van der Waals surface area (Å²) in [6, 6.07) is 0.717. The van der Waals surface area contributed by atoms with Crippen LogP contribution in [0.3, 0.4) is 0 Å². The molecule has 1 aliphatic heterocycles. The zero-order valence-electron chi connectivity index (χ0n) is 13.6. The van der Waals surface area contributed by atoms with Gasteiger partial charge < -0.3 is 10.1 Å². The second kappa shape index (κ2) is 8.93. The van der Waals surface area contributed by atoms with Gasteiger partial charge in [0, 0.05) is 25.7 Å². The third-order valence-corrected chi connectivity index (χ3v) is 4.12. The molecule has 0 bridgehead atoms. The molecule has 19 heavy (non-hydrogen) atoms. The molecule has 3 nitrogen and oxygen atoms in total. The van der Waals surface area contributed by atoms with Crippen molar-refractivity contribution in [2.45, 2.75) is 71.6 Å². The van der Waals surface area contributed by atoms with Gasteiger partial charge in [0.05, 0.1) is 12.2 Å². The van der Waals surface area contributed by atoms with Crippen LogP contribution in [0.2, 0.25) is 0 Å². The Hall–Kier alpha value is -0.120. The minimum absolute atomic E-state index is 0.428. The van der Waals surface area contributed by atoms with Crippen molar-refractivity contribution in [3.05, 3.63) is 0 Å². The van der Waals surface area contributed by atoms with Gasteiger partial charge in [-0.3, -0.25) is 4.90 Å². The fourth-order valence-corrected chi connectivity index (χ4v) is 3.20. The first-order valence-electron chi connectivity index (χ1n) is 8.14. The minimum atomic E-state index is 0.428. The van der Waals surface area contributed by atoms with Crippen LogP contribution < -0.4 is 5.32 Å². The highest BCUT2D eigenvalue weighted by molar-refractivity contribution is 4.80. The molecule has 1 fully saturated rings. The second-order valence-corrected chi connectivity index (χ2v) is 6.33. The molecule has 0 aromatic rings. The number of nitrogens with one attached hydrogen (secondary N) is 1. The summed E-state index contributed by atoms with van der Waals surface area (Å²) in [6.45, 7) is 12.5. The summed E-state index contributed by atoms with van der Waals surface area (Å²) in [5.41, 5.74) is 0. The maximum Gasteiger partial charge on any atom is 0.0707 e. The first-order chi connectivity index (χ1) is 9.10. The summed E-state index contributed by atoms with van der Waals surface area (Å²) in [4.78, 5) is 2.66. The third kappa shape index (κ3) is 5.80. The quantitative estimate of drug-likeness (QED) is 0.697. The van der Waals surface area contributed by atoms with Crippen LogP contribution in [0.5, 0.6) is 0 Å². The number of hydrogen-bond donors (Lipinski definition) is 1. The van der Waals surface area contributed by atoms with Crippen LogP contribution in [0, 0.1) is 5.92 Å². The van der Waals surface area contributed by atoms with Gasteiger partial charge in [0.1, 0.15) is 0 Å². The molecule has 2 atom stereocenters. The van der Waals surface area contributed by atoms with Crippen LogP contribution in [-0.2, 0) is 4.74 Å². The Bertz CT molecular complexity index is 229. The largest absolute Gasteiger partial charge is 0.372 e. The van der Waals surface area contributed by atoms with E-state index in [-0.39, 0.29) is 0 Å². The van der Waals surface area contributed by atoms with Gasteiger partial charge in [-0.1, -0.05) is 27.7 Å². The maximum absolute atomic E-state index is 6.15. The number of likely N-dealkylation sites (N-methyl/N-ethyl adjacent to an activating group) is 1. The Morgan fingerprint density at radius 1 is 1.16 bits per heavy atom. The first-order valence-corrected chi connectivity index (χ1v) is 8.14. The fraction of sp³-hybridized carbons (Fsp3) is 1.00. The first kappa shape index (κ1) is 16.9. The van der Waals surface area contributed by atoms with E-state index in [4.69, 9.17) is 4.74 Å². The lowest BCUT2D eigenvalue weighted by Gasteiger charge is -2.33. The van der Waals surface area contributed by atoms with Crippen LogP contribution in [-0.4, -0.2) is 49.8 Å². The van der Waals surface area contributed by atoms with Crippen molar-refractivity contribution in [2.24, 2.45) is 5.92 Å². The topological polar surface area (TPSA) is 24.5 Å². The van der Waals surface area contributed by atoms with E-state index >= 15 is 0 Å². The van der Waals surface area contributed by atoms with Gasteiger partial charge in [-0.15, -0.1) is 0 Å². The second-order valence-electron chi connectivity index (χ2n) is 6.33. The van der Waals surface area contributed by atoms with Gasteiger partial charge in [-0.05, 0) is 38.6 Å². The molecule has 0 aromatic carbocycles. The van der Waals surface area contributed by atoms with Crippen LogP contribution in [0.4, 0.5) is 0 Å². The highest BCUT2D eigenvalue weighted by Gasteiger charge is 2.28. The van der Waals surface area contributed by atoms with Gasteiger partial charge in [-0.2, -0.15) is 0 Å². The van der Waals surface area contributed by atoms with Crippen molar-refractivity contribution in [2.75, 3.05) is 26.7 Å². The average Bonchev–Trinajstić information content (AvgIpc) is 2.78. The molecule has 0 aliphatic carbocycles. The van der Waals surface area contributed by atoms with Crippen molar-refractivity contribution in [3.63, 3.8) is 0 Å². The van der Waals surface area contributed by atoms with Crippen molar-refractivity contribution in [1.29, 1.82) is 0 Å². The highest BCUT2D eigenvalue weighted by Crippen LogP contribution is 2.22. The lowest BCUT2D eigenvalue weighted by Crippen LogP contribution is -2.42. The van der Waals surface area contributed by atoms with E-state index in [9.17, 15) is 0 Å². The molecule has 1 saturated heterocycles. The van der Waals surface area contributed by atoms with Crippen molar-refractivity contribution >= 4 is 0 Å². The van der Waals surface area contributed by atoms with Gasteiger partial charge >= 0.3 is 0 Å². The molecule has 2 unspecified atom stereocenters. The summed E-state index contributed by atoms with van der Waals surface area (Å²) >= 11 is 0. The van der Waals surface area contributed by atoms with E-state index < -0.39 is 0 Å². The summed E-state index contributed by atoms with van der Waals surface area (Å²) in [7, 11) is 2.01. The van der Waals surface area contributed by atoms with E-state index in [1.165, 1.54) is 32.2 Å². The molecule has 1 aliphatic rings. The highest BCUT2D eigenvalue weighted by atomic mass is 16.5. The van der Waals surface area contributed by atoms with Gasteiger partial charge in [-0.25, -0.2) is 0 Å². The average molecular weight is 270 g/mol. The molecule has 0 aromatic heterocycles. The molecule has 114 valence electrons. The van der Waals surface area contributed by atoms with Gasteiger partial charge in [0.15, 0.2) is 0 Å².